The molecule has 1 aromatic rings. The first kappa shape index (κ1) is 12.4. The van der Waals surface area contributed by atoms with E-state index < -0.39 is 5.97 Å². The van der Waals surface area contributed by atoms with Gasteiger partial charge in [-0.1, -0.05) is 13.3 Å². The van der Waals surface area contributed by atoms with Gasteiger partial charge in [-0.3, -0.25) is 0 Å². The van der Waals surface area contributed by atoms with Crippen molar-refractivity contribution in [3.05, 3.63) is 17.6 Å². The summed E-state index contributed by atoms with van der Waals surface area (Å²) in [6, 6.07) is 0. The number of aromatic nitrogens is 2. The molecule has 16 heavy (non-hydrogen) atoms. The second kappa shape index (κ2) is 5.41. The average Bonchev–Trinajstić information content (AvgIpc) is 2.25. The van der Waals surface area contributed by atoms with Gasteiger partial charge in [0, 0.05) is 13.3 Å². The predicted molar refractivity (Wildman–Crippen MR) is 58.1 cm³/mol. The maximum atomic E-state index is 10.7. The standard InChI is InChI=1S/C10H15N3O3/c1-3-4-7(16-2)9-12-5-6(10(14)15)8(11)13-9/h5,7H,3-4H2,1-2H3,(H,14,15)(H2,11,12,13). The van der Waals surface area contributed by atoms with E-state index in [0.717, 1.165) is 12.8 Å². The maximum Gasteiger partial charge on any atom is 0.341 e. The van der Waals surface area contributed by atoms with E-state index >= 15 is 0 Å². The van der Waals surface area contributed by atoms with Gasteiger partial charge in [-0.2, -0.15) is 0 Å². The summed E-state index contributed by atoms with van der Waals surface area (Å²) in [4.78, 5) is 18.6. The molecule has 1 aromatic heterocycles. The Morgan fingerprint density at radius 3 is 2.81 bits per heavy atom. The zero-order valence-corrected chi connectivity index (χ0v) is 9.30. The Hall–Kier alpha value is -1.69. The molecule has 0 bridgehead atoms. The molecule has 1 atom stereocenters. The number of ether oxygens (including phenoxy) is 1. The lowest BCUT2D eigenvalue weighted by molar-refractivity contribution is 0.0695. The fourth-order valence-electron chi connectivity index (χ4n) is 1.34. The highest BCUT2D eigenvalue weighted by Crippen LogP contribution is 2.20. The zero-order valence-electron chi connectivity index (χ0n) is 9.30. The lowest BCUT2D eigenvalue weighted by Crippen LogP contribution is -2.12. The van der Waals surface area contributed by atoms with E-state index in [4.69, 9.17) is 15.6 Å². The van der Waals surface area contributed by atoms with Gasteiger partial charge in [0.2, 0.25) is 0 Å². The number of carbonyl (C=O) groups is 1. The molecule has 1 heterocycles. The molecule has 6 heteroatoms. The minimum absolute atomic E-state index is 0.0318. The van der Waals surface area contributed by atoms with E-state index in [2.05, 4.69) is 9.97 Å². The normalized spacial score (nSPS) is 12.4. The Bertz CT molecular complexity index is 382. The number of nitrogen functional groups attached to an aromatic ring is 1. The Morgan fingerprint density at radius 1 is 1.69 bits per heavy atom. The highest BCUT2D eigenvalue weighted by Gasteiger charge is 2.16. The van der Waals surface area contributed by atoms with Gasteiger partial charge in [0.05, 0.1) is 0 Å². The molecule has 0 amide bonds. The molecule has 1 unspecified atom stereocenters. The molecule has 0 saturated heterocycles. The molecule has 3 N–H and O–H groups in total. The largest absolute Gasteiger partial charge is 0.477 e. The van der Waals surface area contributed by atoms with Gasteiger partial charge < -0.3 is 15.6 Å². The molecule has 0 radical (unpaired) electrons. The van der Waals surface area contributed by atoms with Crippen LogP contribution in [0.2, 0.25) is 0 Å². The summed E-state index contributed by atoms with van der Waals surface area (Å²) in [5, 5.41) is 8.76. The van der Waals surface area contributed by atoms with Crippen LogP contribution in [-0.2, 0) is 4.74 Å². The van der Waals surface area contributed by atoms with Crippen molar-refractivity contribution in [2.45, 2.75) is 25.9 Å². The first-order valence-corrected chi connectivity index (χ1v) is 4.98. The molecular weight excluding hydrogens is 210 g/mol. The fraction of sp³-hybridized carbons (Fsp3) is 0.500. The molecular formula is C10H15N3O3. The van der Waals surface area contributed by atoms with E-state index in [0.29, 0.717) is 5.82 Å². The summed E-state index contributed by atoms with van der Waals surface area (Å²) in [5.41, 5.74) is 5.44. The van der Waals surface area contributed by atoms with Crippen molar-refractivity contribution in [1.29, 1.82) is 0 Å². The minimum atomic E-state index is -1.13. The van der Waals surface area contributed by atoms with Crippen molar-refractivity contribution in [3.63, 3.8) is 0 Å². The third-order valence-corrected chi connectivity index (χ3v) is 2.19. The molecule has 0 fully saturated rings. The van der Waals surface area contributed by atoms with Gasteiger partial charge in [0.1, 0.15) is 17.5 Å². The van der Waals surface area contributed by atoms with Gasteiger partial charge in [-0.05, 0) is 6.42 Å². The van der Waals surface area contributed by atoms with Crippen LogP contribution in [0.3, 0.4) is 0 Å². The number of anilines is 1. The van der Waals surface area contributed by atoms with E-state index in [1.54, 1.807) is 7.11 Å². The van der Waals surface area contributed by atoms with Crippen molar-refractivity contribution >= 4 is 11.8 Å². The maximum absolute atomic E-state index is 10.7. The van der Waals surface area contributed by atoms with Crippen LogP contribution >= 0.6 is 0 Å². The lowest BCUT2D eigenvalue weighted by Gasteiger charge is -2.13. The van der Waals surface area contributed by atoms with E-state index in [1.165, 1.54) is 6.20 Å². The van der Waals surface area contributed by atoms with E-state index in [9.17, 15) is 4.79 Å². The number of hydrogen-bond donors (Lipinski definition) is 2. The second-order valence-corrected chi connectivity index (χ2v) is 3.35. The molecule has 0 aromatic carbocycles. The number of hydrogen-bond acceptors (Lipinski definition) is 5. The van der Waals surface area contributed by atoms with E-state index in [-0.39, 0.29) is 17.5 Å². The third-order valence-electron chi connectivity index (χ3n) is 2.19. The van der Waals surface area contributed by atoms with Crippen LogP contribution in [-0.4, -0.2) is 28.2 Å². The summed E-state index contributed by atoms with van der Waals surface area (Å²) in [6.07, 6.45) is 2.65. The van der Waals surface area contributed by atoms with Crippen molar-refractivity contribution in [2.75, 3.05) is 12.8 Å². The Kier molecular flexibility index (Phi) is 4.19. The monoisotopic (exact) mass is 225 g/mol. The fourth-order valence-corrected chi connectivity index (χ4v) is 1.34. The van der Waals surface area contributed by atoms with Crippen molar-refractivity contribution in [1.82, 2.24) is 9.97 Å². The molecule has 88 valence electrons. The van der Waals surface area contributed by atoms with Gasteiger partial charge in [0.15, 0.2) is 5.82 Å². The van der Waals surface area contributed by atoms with Gasteiger partial charge in [0.25, 0.3) is 0 Å². The first-order valence-electron chi connectivity index (χ1n) is 4.98. The summed E-state index contributed by atoms with van der Waals surface area (Å²) < 4.78 is 5.20. The molecule has 0 aliphatic carbocycles. The number of carboxylic acids is 1. The smallest absolute Gasteiger partial charge is 0.341 e. The van der Waals surface area contributed by atoms with Crippen LogP contribution in [0.1, 0.15) is 42.1 Å². The molecule has 6 nitrogen and oxygen atoms in total. The molecule has 1 rings (SSSR count). The SMILES string of the molecule is CCCC(OC)c1ncc(C(=O)O)c(N)n1. The number of carboxylic acid groups (broad SMARTS) is 1. The quantitative estimate of drug-likeness (QED) is 0.782. The number of nitrogens with zero attached hydrogens (tertiary/aromatic N) is 2. The van der Waals surface area contributed by atoms with Crippen LogP contribution in [0, 0.1) is 0 Å². The van der Waals surface area contributed by atoms with E-state index in [1.807, 2.05) is 6.92 Å². The van der Waals surface area contributed by atoms with Crippen LogP contribution in [0.4, 0.5) is 5.82 Å². The zero-order chi connectivity index (χ0) is 12.1. The Morgan fingerprint density at radius 2 is 2.38 bits per heavy atom. The summed E-state index contributed by atoms with van der Waals surface area (Å²) in [7, 11) is 1.56. The summed E-state index contributed by atoms with van der Waals surface area (Å²) in [6.45, 7) is 2.01. The van der Waals surface area contributed by atoms with Crippen LogP contribution < -0.4 is 5.73 Å². The molecule has 0 saturated carbocycles. The Balaban J connectivity index is 2.99. The topological polar surface area (TPSA) is 98.3 Å². The van der Waals surface area contributed by atoms with Gasteiger partial charge in [-0.25, -0.2) is 14.8 Å². The number of methoxy groups -OCH3 is 1. The van der Waals surface area contributed by atoms with Crippen LogP contribution in [0.5, 0.6) is 0 Å². The minimum Gasteiger partial charge on any atom is -0.477 e. The van der Waals surface area contributed by atoms with Gasteiger partial charge >= 0.3 is 5.97 Å². The van der Waals surface area contributed by atoms with Crippen LogP contribution in [0.15, 0.2) is 6.20 Å². The predicted octanol–water partition coefficient (Wildman–Crippen LogP) is 1.24. The van der Waals surface area contributed by atoms with Crippen molar-refractivity contribution < 1.29 is 14.6 Å². The first-order chi connectivity index (χ1) is 7.60. The molecule has 0 spiro atoms. The highest BCUT2D eigenvalue weighted by atomic mass is 16.5. The Labute approximate surface area is 93.5 Å². The number of rotatable bonds is 5. The second-order valence-electron chi connectivity index (χ2n) is 3.35. The number of aromatic carboxylic acids is 1. The molecule has 0 aliphatic rings. The van der Waals surface area contributed by atoms with Crippen LogP contribution in [0.25, 0.3) is 0 Å². The van der Waals surface area contributed by atoms with Crippen molar-refractivity contribution in [3.8, 4) is 0 Å². The van der Waals surface area contributed by atoms with Crippen molar-refractivity contribution in [2.24, 2.45) is 0 Å². The lowest BCUT2D eigenvalue weighted by atomic mass is 10.2. The third kappa shape index (κ3) is 2.66. The average molecular weight is 225 g/mol. The number of nitrogens with two attached hydrogens (primary N) is 1. The summed E-state index contributed by atoms with van der Waals surface area (Å²) in [5.74, 6) is -0.740. The summed E-state index contributed by atoms with van der Waals surface area (Å²) >= 11 is 0. The highest BCUT2D eigenvalue weighted by molar-refractivity contribution is 5.92. The molecule has 0 aliphatic heterocycles. The van der Waals surface area contributed by atoms with Gasteiger partial charge in [-0.15, -0.1) is 0 Å².